The predicted octanol–water partition coefficient (Wildman–Crippen LogP) is 3.10. The van der Waals surface area contributed by atoms with Crippen molar-refractivity contribution >= 4 is 24.0 Å². The first kappa shape index (κ1) is 22.5. The molecule has 30 heavy (non-hydrogen) atoms. The molecule has 0 unspecified atom stereocenters. The Morgan fingerprint density at radius 3 is 1.90 bits per heavy atom. The third-order valence-corrected chi connectivity index (χ3v) is 4.12. The molecule has 0 heterocycles. The molecule has 0 spiro atoms. The van der Waals surface area contributed by atoms with Crippen molar-refractivity contribution < 1.29 is 39.2 Å². The van der Waals surface area contributed by atoms with E-state index in [0.717, 1.165) is 11.6 Å². The minimum Gasteiger partial charge on any atom is -0.493 e. The van der Waals surface area contributed by atoms with Gasteiger partial charge >= 0.3 is 17.9 Å². The van der Waals surface area contributed by atoms with Crippen LogP contribution in [0.5, 0.6) is 11.5 Å². The fraction of sp³-hybridized carbons (Fsp3) is 0.227. The Kier molecular flexibility index (Phi) is 7.19. The number of rotatable bonds is 10. The van der Waals surface area contributed by atoms with Gasteiger partial charge in [0.1, 0.15) is 17.1 Å². The van der Waals surface area contributed by atoms with Gasteiger partial charge in [-0.25, -0.2) is 14.4 Å². The first-order valence-corrected chi connectivity index (χ1v) is 9.01. The van der Waals surface area contributed by atoms with Gasteiger partial charge < -0.3 is 24.8 Å². The molecule has 158 valence electrons. The molecule has 2 aromatic rings. The van der Waals surface area contributed by atoms with E-state index >= 15 is 0 Å². The van der Waals surface area contributed by atoms with Crippen LogP contribution in [0.4, 0.5) is 0 Å². The van der Waals surface area contributed by atoms with E-state index < -0.39 is 29.1 Å². The number of carboxylic acids is 3. The van der Waals surface area contributed by atoms with Crippen LogP contribution in [0.3, 0.4) is 0 Å². The lowest BCUT2D eigenvalue weighted by molar-refractivity contribution is -0.152. The van der Waals surface area contributed by atoms with E-state index in [1.54, 1.807) is 36.4 Å². The van der Waals surface area contributed by atoms with Crippen molar-refractivity contribution in [2.75, 3.05) is 6.61 Å². The highest BCUT2D eigenvalue weighted by atomic mass is 16.5. The summed E-state index contributed by atoms with van der Waals surface area (Å²) in [7, 11) is 0. The second-order valence-corrected chi connectivity index (χ2v) is 6.90. The highest BCUT2D eigenvalue weighted by Gasteiger charge is 2.29. The Balaban J connectivity index is 1.90. The van der Waals surface area contributed by atoms with Gasteiger partial charge in [0.15, 0.2) is 5.60 Å². The van der Waals surface area contributed by atoms with Gasteiger partial charge in [-0.3, -0.25) is 0 Å². The van der Waals surface area contributed by atoms with E-state index in [9.17, 15) is 14.4 Å². The Morgan fingerprint density at radius 2 is 1.40 bits per heavy atom. The molecule has 8 nitrogen and oxygen atoms in total. The third kappa shape index (κ3) is 6.37. The van der Waals surface area contributed by atoms with Gasteiger partial charge in [-0.05, 0) is 55.3 Å². The highest BCUT2D eigenvalue weighted by Crippen LogP contribution is 2.20. The summed E-state index contributed by atoms with van der Waals surface area (Å²) >= 11 is 0. The normalized spacial score (nSPS) is 10.7. The van der Waals surface area contributed by atoms with Crippen LogP contribution in [0.1, 0.15) is 25.0 Å². The molecule has 0 amide bonds. The zero-order valence-electron chi connectivity index (χ0n) is 16.5. The third-order valence-electron chi connectivity index (χ3n) is 4.12. The van der Waals surface area contributed by atoms with Crippen LogP contribution in [-0.4, -0.2) is 45.4 Å². The summed E-state index contributed by atoms with van der Waals surface area (Å²) in [6.45, 7) is 3.33. The SMILES string of the molecule is CC(C)(Oc1ccc(CCOc2ccc(C=C(C(=O)O)C(=O)O)cc2)cc1)C(=O)O. The maximum Gasteiger partial charge on any atom is 0.347 e. The van der Waals surface area contributed by atoms with Crippen molar-refractivity contribution in [1.29, 1.82) is 0 Å². The Labute approximate surface area is 173 Å². The number of hydrogen-bond acceptors (Lipinski definition) is 5. The minimum atomic E-state index is -1.51. The first-order chi connectivity index (χ1) is 14.1. The van der Waals surface area contributed by atoms with E-state index in [2.05, 4.69) is 0 Å². The zero-order valence-corrected chi connectivity index (χ0v) is 16.5. The number of ether oxygens (including phenoxy) is 2. The van der Waals surface area contributed by atoms with Gasteiger partial charge in [0.05, 0.1) is 6.61 Å². The standard InChI is InChI=1S/C22H22O8/c1-22(2,21(27)28)30-17-9-3-14(4-10-17)11-12-29-16-7-5-15(6-8-16)13-18(19(23)24)20(25)26/h3-10,13H,11-12H2,1-2H3,(H,23,24)(H,25,26)(H,27,28). The summed E-state index contributed by atoms with van der Waals surface area (Å²) in [5.41, 5.74) is -0.630. The molecule has 0 saturated carbocycles. The van der Waals surface area contributed by atoms with Crippen molar-refractivity contribution in [3.63, 3.8) is 0 Å². The molecular formula is C22H22O8. The summed E-state index contributed by atoms with van der Waals surface area (Å²) in [5.74, 6) is -3.06. The fourth-order valence-electron chi connectivity index (χ4n) is 2.39. The maximum atomic E-state index is 11.1. The molecule has 3 N–H and O–H groups in total. The molecule has 2 rings (SSSR count). The van der Waals surface area contributed by atoms with Crippen molar-refractivity contribution in [3.05, 3.63) is 65.2 Å². The van der Waals surface area contributed by atoms with Gasteiger partial charge in [0.2, 0.25) is 0 Å². The molecule has 0 aromatic heterocycles. The molecule has 0 radical (unpaired) electrons. The maximum absolute atomic E-state index is 11.1. The predicted molar refractivity (Wildman–Crippen MR) is 108 cm³/mol. The van der Waals surface area contributed by atoms with Gasteiger partial charge in [-0.2, -0.15) is 0 Å². The van der Waals surface area contributed by atoms with Crippen molar-refractivity contribution in [2.45, 2.75) is 25.9 Å². The quantitative estimate of drug-likeness (QED) is 0.307. The smallest absolute Gasteiger partial charge is 0.347 e. The van der Waals surface area contributed by atoms with Gasteiger partial charge in [0.25, 0.3) is 0 Å². The molecule has 8 heteroatoms. The van der Waals surface area contributed by atoms with Crippen LogP contribution >= 0.6 is 0 Å². The van der Waals surface area contributed by atoms with Crippen LogP contribution in [0.2, 0.25) is 0 Å². The summed E-state index contributed by atoms with van der Waals surface area (Å²) in [6.07, 6.45) is 1.68. The van der Waals surface area contributed by atoms with E-state index in [0.29, 0.717) is 30.1 Å². The van der Waals surface area contributed by atoms with Gasteiger partial charge in [0, 0.05) is 6.42 Å². The molecular weight excluding hydrogens is 392 g/mol. The van der Waals surface area contributed by atoms with E-state index in [1.165, 1.54) is 13.8 Å². The molecule has 0 atom stereocenters. The van der Waals surface area contributed by atoms with Crippen LogP contribution in [0.15, 0.2) is 54.1 Å². The summed E-state index contributed by atoms with van der Waals surface area (Å²) in [5, 5.41) is 26.8. The molecule has 2 aromatic carbocycles. The van der Waals surface area contributed by atoms with Crippen molar-refractivity contribution in [1.82, 2.24) is 0 Å². The van der Waals surface area contributed by atoms with Crippen molar-refractivity contribution in [3.8, 4) is 11.5 Å². The monoisotopic (exact) mass is 414 g/mol. The first-order valence-electron chi connectivity index (χ1n) is 9.01. The lowest BCUT2D eigenvalue weighted by atomic mass is 10.1. The summed E-state index contributed by atoms with van der Waals surface area (Å²) in [6, 6.07) is 13.4. The Hall–Kier alpha value is -3.81. The topological polar surface area (TPSA) is 130 Å². The van der Waals surface area contributed by atoms with E-state index in [-0.39, 0.29) is 0 Å². The lowest BCUT2D eigenvalue weighted by Gasteiger charge is -2.21. The molecule has 0 bridgehead atoms. The van der Waals surface area contributed by atoms with E-state index in [1.807, 2.05) is 12.1 Å². The molecule has 0 saturated heterocycles. The number of benzene rings is 2. The second kappa shape index (κ2) is 9.60. The van der Waals surface area contributed by atoms with Gasteiger partial charge in [-0.1, -0.05) is 24.3 Å². The molecule has 0 aliphatic heterocycles. The molecule has 0 aliphatic rings. The average molecular weight is 414 g/mol. The summed E-state index contributed by atoms with van der Waals surface area (Å²) < 4.78 is 11.1. The van der Waals surface area contributed by atoms with Crippen LogP contribution in [0.25, 0.3) is 6.08 Å². The minimum absolute atomic E-state index is 0.380. The van der Waals surface area contributed by atoms with Crippen molar-refractivity contribution in [2.24, 2.45) is 0 Å². The van der Waals surface area contributed by atoms with Gasteiger partial charge in [-0.15, -0.1) is 0 Å². The largest absolute Gasteiger partial charge is 0.493 e. The number of hydrogen-bond donors (Lipinski definition) is 3. The average Bonchev–Trinajstić information content (AvgIpc) is 2.67. The van der Waals surface area contributed by atoms with E-state index in [4.69, 9.17) is 24.8 Å². The highest BCUT2D eigenvalue weighted by molar-refractivity contribution is 6.16. The molecule has 0 fully saturated rings. The zero-order chi connectivity index (χ0) is 22.3. The second-order valence-electron chi connectivity index (χ2n) is 6.90. The van der Waals surface area contributed by atoms with Crippen LogP contribution in [0, 0.1) is 0 Å². The Bertz CT molecular complexity index is 924. The van der Waals surface area contributed by atoms with Crippen LogP contribution < -0.4 is 9.47 Å². The number of aliphatic carboxylic acids is 3. The van der Waals surface area contributed by atoms with Crippen LogP contribution in [-0.2, 0) is 20.8 Å². The molecule has 0 aliphatic carbocycles. The summed E-state index contributed by atoms with van der Waals surface area (Å²) in [4.78, 5) is 32.9. The number of carboxylic acid groups (broad SMARTS) is 3. The number of carbonyl (C=O) groups is 3. The Morgan fingerprint density at radius 1 is 0.867 bits per heavy atom. The lowest BCUT2D eigenvalue weighted by Crippen LogP contribution is -2.37. The fourth-order valence-corrected chi connectivity index (χ4v) is 2.39.